The van der Waals surface area contributed by atoms with Crippen molar-refractivity contribution in [2.24, 2.45) is 5.73 Å². The van der Waals surface area contributed by atoms with E-state index in [1.54, 1.807) is 14.0 Å². The van der Waals surface area contributed by atoms with Gasteiger partial charge in [-0.3, -0.25) is 0 Å². The third kappa shape index (κ3) is 3.26. The van der Waals surface area contributed by atoms with Gasteiger partial charge in [0.2, 0.25) is 10.0 Å². The van der Waals surface area contributed by atoms with Gasteiger partial charge in [-0.15, -0.1) is 0 Å². The summed E-state index contributed by atoms with van der Waals surface area (Å²) in [6.07, 6.45) is 3.63. The van der Waals surface area contributed by atoms with Crippen LogP contribution in [0.1, 0.15) is 32.6 Å². The Morgan fingerprint density at radius 1 is 1.37 bits per heavy atom. The quantitative estimate of drug-likeness (QED) is 0.705. The average molecular weight is 307 g/mol. The summed E-state index contributed by atoms with van der Waals surface area (Å²) < 4.78 is 26.4. The molecule has 1 fully saturated rings. The van der Waals surface area contributed by atoms with Gasteiger partial charge in [0.25, 0.3) is 0 Å². The zero-order chi connectivity index (χ0) is 14.8. The zero-order valence-electron chi connectivity index (χ0n) is 12.2. The Morgan fingerprint density at radius 2 is 1.89 bits per heavy atom. The lowest BCUT2D eigenvalue weighted by Crippen LogP contribution is -2.58. The van der Waals surface area contributed by atoms with Crippen LogP contribution >= 0.6 is 12.2 Å². The van der Waals surface area contributed by atoms with Crippen molar-refractivity contribution in [1.29, 1.82) is 0 Å². The minimum absolute atomic E-state index is 0.0314. The molecule has 19 heavy (non-hydrogen) atoms. The Labute approximate surface area is 122 Å². The second-order valence-corrected chi connectivity index (χ2v) is 8.27. The van der Waals surface area contributed by atoms with E-state index >= 15 is 0 Å². The third-order valence-electron chi connectivity index (χ3n) is 4.23. The van der Waals surface area contributed by atoms with E-state index in [0.717, 1.165) is 19.3 Å². The number of nitrogens with two attached hydrogens (primary N) is 1. The molecular formula is C12H25N3O2S2. The lowest BCUT2D eigenvalue weighted by Gasteiger charge is -2.49. The molecule has 1 atom stereocenters. The van der Waals surface area contributed by atoms with Gasteiger partial charge in [-0.25, -0.2) is 12.7 Å². The molecule has 0 amide bonds. The van der Waals surface area contributed by atoms with Gasteiger partial charge < -0.3 is 10.6 Å². The standard InChI is InChI=1S/C12H25N3O2S2/c1-5-10(11(13)18)19(16,17)15(4)9-12(14(2)3)7-6-8-12/h10H,5-9H2,1-4H3,(H2,13,18). The highest BCUT2D eigenvalue weighted by Gasteiger charge is 2.43. The molecule has 1 saturated carbocycles. The van der Waals surface area contributed by atoms with Gasteiger partial charge >= 0.3 is 0 Å². The molecule has 1 unspecified atom stereocenters. The molecule has 1 rings (SSSR count). The summed E-state index contributed by atoms with van der Waals surface area (Å²) in [7, 11) is 2.18. The number of rotatable bonds is 7. The highest BCUT2D eigenvalue weighted by molar-refractivity contribution is 7.92. The van der Waals surface area contributed by atoms with E-state index in [4.69, 9.17) is 18.0 Å². The van der Waals surface area contributed by atoms with E-state index in [2.05, 4.69) is 4.90 Å². The Morgan fingerprint density at radius 3 is 2.16 bits per heavy atom. The van der Waals surface area contributed by atoms with E-state index in [0.29, 0.717) is 13.0 Å². The summed E-state index contributed by atoms with van der Waals surface area (Å²) in [5, 5.41) is -0.758. The highest BCUT2D eigenvalue weighted by atomic mass is 32.2. The number of nitrogens with zero attached hydrogens (tertiary/aromatic N) is 2. The Balaban J connectivity index is 2.87. The largest absolute Gasteiger partial charge is 0.392 e. The maximum atomic E-state index is 12.5. The van der Waals surface area contributed by atoms with Crippen molar-refractivity contribution in [2.75, 3.05) is 27.7 Å². The van der Waals surface area contributed by atoms with Crippen LogP contribution in [0.4, 0.5) is 0 Å². The van der Waals surface area contributed by atoms with Gasteiger partial charge in [0.1, 0.15) is 5.25 Å². The number of sulfonamides is 1. The predicted octanol–water partition coefficient (Wildman–Crippen LogP) is 0.797. The number of hydrogen-bond acceptors (Lipinski definition) is 4. The van der Waals surface area contributed by atoms with Crippen molar-refractivity contribution >= 4 is 27.2 Å². The van der Waals surface area contributed by atoms with E-state index in [1.165, 1.54) is 4.31 Å². The summed E-state index contributed by atoms with van der Waals surface area (Å²) in [4.78, 5) is 2.19. The number of thiocarbonyl (C=S) groups is 1. The SMILES string of the molecule is CCC(C(N)=S)S(=O)(=O)N(C)CC1(N(C)C)CCC1. The van der Waals surface area contributed by atoms with Gasteiger partial charge in [0.05, 0.1) is 4.99 Å². The first-order chi connectivity index (χ1) is 8.67. The summed E-state index contributed by atoms with van der Waals surface area (Å²) in [5.74, 6) is 0. The summed E-state index contributed by atoms with van der Waals surface area (Å²) >= 11 is 4.88. The van der Waals surface area contributed by atoms with Gasteiger partial charge in [0.15, 0.2) is 0 Å². The molecule has 1 aliphatic rings. The first-order valence-corrected chi connectivity index (χ1v) is 8.50. The van der Waals surface area contributed by atoms with Crippen LogP contribution in [0.15, 0.2) is 0 Å². The van der Waals surface area contributed by atoms with Gasteiger partial charge in [-0.2, -0.15) is 0 Å². The number of hydrogen-bond donors (Lipinski definition) is 1. The Kier molecular flexibility index (Phi) is 5.34. The van der Waals surface area contributed by atoms with Crippen molar-refractivity contribution in [3.63, 3.8) is 0 Å². The third-order valence-corrected chi connectivity index (χ3v) is 6.97. The van der Waals surface area contributed by atoms with Crippen molar-refractivity contribution in [1.82, 2.24) is 9.21 Å². The molecule has 0 aliphatic heterocycles. The Bertz CT molecular complexity index is 430. The van der Waals surface area contributed by atoms with Gasteiger partial charge in [0, 0.05) is 19.1 Å². The molecule has 1 aliphatic carbocycles. The van der Waals surface area contributed by atoms with E-state index in [1.807, 2.05) is 14.1 Å². The van der Waals surface area contributed by atoms with Crippen molar-refractivity contribution in [2.45, 2.75) is 43.4 Å². The summed E-state index contributed by atoms with van der Waals surface area (Å²) in [5.41, 5.74) is 5.52. The van der Waals surface area contributed by atoms with Crippen LogP contribution in [0, 0.1) is 0 Å². The normalized spacial score (nSPS) is 20.3. The average Bonchev–Trinajstić information content (AvgIpc) is 2.22. The van der Waals surface area contributed by atoms with Crippen LogP contribution in [0.25, 0.3) is 0 Å². The molecule has 112 valence electrons. The van der Waals surface area contributed by atoms with Gasteiger partial charge in [-0.1, -0.05) is 19.1 Å². The molecule has 5 nitrogen and oxygen atoms in total. The highest BCUT2D eigenvalue weighted by Crippen LogP contribution is 2.37. The first-order valence-electron chi connectivity index (χ1n) is 6.59. The maximum Gasteiger partial charge on any atom is 0.223 e. The molecule has 0 saturated heterocycles. The molecule has 0 aromatic rings. The second kappa shape index (κ2) is 6.03. The molecule has 0 aromatic heterocycles. The fraction of sp³-hybridized carbons (Fsp3) is 0.917. The molecule has 0 aromatic carbocycles. The summed E-state index contributed by atoms with van der Waals surface area (Å²) in [6, 6.07) is 0. The van der Waals surface area contributed by atoms with Crippen LogP contribution in [-0.4, -0.2) is 61.1 Å². The fourth-order valence-electron chi connectivity index (χ4n) is 2.61. The van der Waals surface area contributed by atoms with Crippen LogP contribution in [-0.2, 0) is 10.0 Å². The molecular weight excluding hydrogens is 282 g/mol. The molecule has 7 heteroatoms. The monoisotopic (exact) mass is 307 g/mol. The van der Waals surface area contributed by atoms with E-state index < -0.39 is 15.3 Å². The maximum absolute atomic E-state index is 12.5. The van der Waals surface area contributed by atoms with Crippen molar-refractivity contribution in [3.8, 4) is 0 Å². The topological polar surface area (TPSA) is 66.6 Å². The smallest absolute Gasteiger partial charge is 0.223 e. The summed E-state index contributed by atoms with van der Waals surface area (Å²) in [6.45, 7) is 2.29. The van der Waals surface area contributed by atoms with Crippen LogP contribution in [0.3, 0.4) is 0 Å². The van der Waals surface area contributed by atoms with E-state index in [9.17, 15) is 8.42 Å². The zero-order valence-corrected chi connectivity index (χ0v) is 13.9. The van der Waals surface area contributed by atoms with Crippen molar-refractivity contribution < 1.29 is 8.42 Å². The lowest BCUT2D eigenvalue weighted by molar-refractivity contribution is 0.0454. The van der Waals surface area contributed by atoms with E-state index in [-0.39, 0.29) is 10.5 Å². The first kappa shape index (κ1) is 16.8. The second-order valence-electron chi connectivity index (χ2n) is 5.57. The van der Waals surface area contributed by atoms with Crippen LogP contribution < -0.4 is 5.73 Å². The number of likely N-dealkylation sites (N-methyl/N-ethyl adjacent to an activating group) is 2. The minimum atomic E-state index is -3.45. The predicted molar refractivity (Wildman–Crippen MR) is 82.7 cm³/mol. The van der Waals surface area contributed by atoms with Gasteiger partial charge in [-0.05, 0) is 39.8 Å². The minimum Gasteiger partial charge on any atom is -0.392 e. The Hall–Kier alpha value is -0.240. The molecule has 0 heterocycles. The van der Waals surface area contributed by atoms with Crippen LogP contribution in [0.5, 0.6) is 0 Å². The molecule has 2 N–H and O–H groups in total. The molecule has 0 spiro atoms. The molecule has 0 bridgehead atoms. The van der Waals surface area contributed by atoms with Crippen molar-refractivity contribution in [3.05, 3.63) is 0 Å². The lowest BCUT2D eigenvalue weighted by atomic mass is 9.75. The molecule has 0 radical (unpaired) electrons. The fourth-order valence-corrected chi connectivity index (χ4v) is 4.71. The van der Waals surface area contributed by atoms with Crippen LogP contribution in [0.2, 0.25) is 0 Å².